The molecule has 0 unspecified atom stereocenters. The van der Waals surface area contributed by atoms with E-state index in [-0.39, 0.29) is 11.9 Å². The van der Waals surface area contributed by atoms with E-state index in [1.807, 2.05) is 31.2 Å². The van der Waals surface area contributed by atoms with Gasteiger partial charge < -0.3 is 5.32 Å². The van der Waals surface area contributed by atoms with Crippen LogP contribution in [0.4, 0.5) is 0 Å². The molecule has 3 heterocycles. The van der Waals surface area contributed by atoms with E-state index >= 15 is 0 Å². The number of rotatable bonds is 6. The molecule has 1 aromatic carbocycles. The maximum Gasteiger partial charge on any atom is 0.254 e. The van der Waals surface area contributed by atoms with Gasteiger partial charge in [-0.15, -0.1) is 11.3 Å². The topological polar surface area (TPSA) is 50.2 Å². The first-order chi connectivity index (χ1) is 13.6. The van der Waals surface area contributed by atoms with Gasteiger partial charge in [0, 0.05) is 16.4 Å². The minimum absolute atomic E-state index is 0.0912. The van der Waals surface area contributed by atoms with Crippen molar-refractivity contribution in [3.05, 3.63) is 69.1 Å². The van der Waals surface area contributed by atoms with Crippen molar-refractivity contribution in [3.63, 3.8) is 0 Å². The molecule has 1 saturated heterocycles. The number of carbonyl (C=O) groups excluding carboxylic acids is 1. The zero-order valence-electron chi connectivity index (χ0n) is 15.8. The Bertz CT molecular complexity index is 947. The molecule has 3 aromatic rings. The normalized spacial score (nSPS) is 15.6. The minimum Gasteiger partial charge on any atom is -0.350 e. The molecule has 146 valence electrons. The van der Waals surface area contributed by atoms with Crippen LogP contribution in [-0.4, -0.2) is 40.2 Å². The van der Waals surface area contributed by atoms with E-state index in [2.05, 4.69) is 32.8 Å². The van der Waals surface area contributed by atoms with Gasteiger partial charge in [-0.25, -0.2) is 4.68 Å². The Hall–Kier alpha value is -2.15. The molecule has 1 atom stereocenters. The van der Waals surface area contributed by atoms with Gasteiger partial charge in [0.15, 0.2) is 0 Å². The number of thiophene rings is 1. The molecule has 0 bridgehead atoms. The molecule has 0 aliphatic carbocycles. The van der Waals surface area contributed by atoms with Gasteiger partial charge in [0.1, 0.15) is 0 Å². The number of nitrogens with one attached hydrogen (secondary N) is 1. The quantitative estimate of drug-likeness (QED) is 0.647. The maximum atomic E-state index is 12.9. The fourth-order valence-corrected chi connectivity index (χ4v) is 4.77. The molecule has 0 radical (unpaired) electrons. The van der Waals surface area contributed by atoms with Gasteiger partial charge in [-0.05, 0) is 62.5 Å². The number of amides is 1. The van der Waals surface area contributed by atoms with E-state index < -0.39 is 0 Å². The number of hydrogen-bond acceptors (Lipinski definition) is 4. The van der Waals surface area contributed by atoms with Crippen LogP contribution in [0.5, 0.6) is 0 Å². The summed E-state index contributed by atoms with van der Waals surface area (Å²) in [4.78, 5) is 16.6. The zero-order chi connectivity index (χ0) is 19.5. The van der Waals surface area contributed by atoms with Crippen LogP contribution < -0.4 is 5.32 Å². The molecule has 1 N–H and O–H groups in total. The Kier molecular flexibility index (Phi) is 5.80. The van der Waals surface area contributed by atoms with E-state index in [1.54, 1.807) is 22.2 Å². The van der Waals surface area contributed by atoms with Crippen LogP contribution in [0, 0.1) is 6.92 Å². The highest BCUT2D eigenvalue weighted by Gasteiger charge is 2.25. The van der Waals surface area contributed by atoms with Gasteiger partial charge in [-0.3, -0.25) is 9.69 Å². The van der Waals surface area contributed by atoms with Crippen LogP contribution in [0.3, 0.4) is 0 Å². The maximum absolute atomic E-state index is 12.9. The van der Waals surface area contributed by atoms with Crippen molar-refractivity contribution in [1.82, 2.24) is 20.0 Å². The molecule has 1 aliphatic heterocycles. The van der Waals surface area contributed by atoms with Crippen LogP contribution in [0.25, 0.3) is 5.69 Å². The lowest BCUT2D eigenvalue weighted by Crippen LogP contribution is -2.36. The first kappa shape index (κ1) is 19.2. The summed E-state index contributed by atoms with van der Waals surface area (Å²) in [6.07, 6.45) is 4.07. The van der Waals surface area contributed by atoms with Crippen LogP contribution >= 0.6 is 22.9 Å². The minimum atomic E-state index is -0.0912. The number of benzene rings is 1. The van der Waals surface area contributed by atoms with Gasteiger partial charge in [0.25, 0.3) is 5.91 Å². The average molecular weight is 415 g/mol. The summed E-state index contributed by atoms with van der Waals surface area (Å²) in [5.74, 6) is -0.0912. The summed E-state index contributed by atoms with van der Waals surface area (Å²) in [6.45, 7) is 4.68. The standard InChI is InChI=1S/C21H23ClN4OS/c1-15-18(13-24-26(15)17-7-4-6-16(22)12-17)21(27)23-14-19(20-8-5-11-28-20)25-9-2-3-10-25/h4-8,11-13,19H,2-3,9-10,14H2,1H3,(H,23,27)/t19-/m1/s1. The predicted octanol–water partition coefficient (Wildman–Crippen LogP) is 4.46. The van der Waals surface area contributed by atoms with Gasteiger partial charge in [0.2, 0.25) is 0 Å². The molecule has 1 fully saturated rings. The van der Waals surface area contributed by atoms with Gasteiger partial charge in [0.05, 0.1) is 29.2 Å². The van der Waals surface area contributed by atoms with E-state index in [0.29, 0.717) is 17.1 Å². The molecule has 2 aromatic heterocycles. The summed E-state index contributed by atoms with van der Waals surface area (Å²) in [7, 11) is 0. The lowest BCUT2D eigenvalue weighted by atomic mass is 10.2. The molecular formula is C21H23ClN4OS. The Morgan fingerprint density at radius 2 is 2.11 bits per heavy atom. The zero-order valence-corrected chi connectivity index (χ0v) is 17.3. The molecule has 28 heavy (non-hydrogen) atoms. The third kappa shape index (κ3) is 3.99. The molecule has 1 aliphatic rings. The van der Waals surface area contributed by atoms with Crippen molar-refractivity contribution < 1.29 is 4.79 Å². The van der Waals surface area contributed by atoms with Crippen LogP contribution in [0.1, 0.15) is 39.8 Å². The number of aromatic nitrogens is 2. The van der Waals surface area contributed by atoms with E-state index in [4.69, 9.17) is 11.6 Å². The van der Waals surface area contributed by atoms with Gasteiger partial charge >= 0.3 is 0 Å². The first-order valence-electron chi connectivity index (χ1n) is 9.49. The second kappa shape index (κ2) is 8.47. The fourth-order valence-electron chi connectivity index (χ4n) is 3.73. The second-order valence-electron chi connectivity index (χ2n) is 7.02. The van der Waals surface area contributed by atoms with Crippen LogP contribution in [-0.2, 0) is 0 Å². The van der Waals surface area contributed by atoms with Gasteiger partial charge in [-0.1, -0.05) is 23.7 Å². The van der Waals surface area contributed by atoms with Gasteiger partial charge in [-0.2, -0.15) is 5.10 Å². The molecule has 5 nitrogen and oxygen atoms in total. The highest BCUT2D eigenvalue weighted by Crippen LogP contribution is 2.28. The average Bonchev–Trinajstić information content (AvgIpc) is 3.44. The monoisotopic (exact) mass is 414 g/mol. The summed E-state index contributed by atoms with van der Waals surface area (Å²) >= 11 is 7.84. The molecule has 0 saturated carbocycles. The smallest absolute Gasteiger partial charge is 0.254 e. The SMILES string of the molecule is Cc1c(C(=O)NC[C@H](c2cccs2)N2CCCC2)cnn1-c1cccc(Cl)c1. The van der Waals surface area contributed by atoms with Crippen molar-refractivity contribution in [3.8, 4) is 5.69 Å². The number of halogens is 1. The molecule has 4 rings (SSSR count). The Balaban J connectivity index is 1.49. The first-order valence-corrected chi connectivity index (χ1v) is 10.8. The summed E-state index contributed by atoms with van der Waals surface area (Å²) in [5.41, 5.74) is 2.23. The number of hydrogen-bond donors (Lipinski definition) is 1. The van der Waals surface area contributed by atoms with Crippen molar-refractivity contribution >= 4 is 28.8 Å². The number of likely N-dealkylation sites (tertiary alicyclic amines) is 1. The van der Waals surface area contributed by atoms with Crippen molar-refractivity contribution in [2.24, 2.45) is 0 Å². The molecule has 7 heteroatoms. The highest BCUT2D eigenvalue weighted by molar-refractivity contribution is 7.10. The number of carbonyl (C=O) groups is 1. The largest absolute Gasteiger partial charge is 0.350 e. The Labute approximate surface area is 173 Å². The van der Waals surface area contributed by atoms with E-state index in [9.17, 15) is 4.79 Å². The fraction of sp³-hybridized carbons (Fsp3) is 0.333. The second-order valence-corrected chi connectivity index (χ2v) is 8.44. The van der Waals surface area contributed by atoms with Crippen LogP contribution in [0.2, 0.25) is 5.02 Å². The molecule has 1 amide bonds. The van der Waals surface area contributed by atoms with Crippen molar-refractivity contribution in [1.29, 1.82) is 0 Å². The highest BCUT2D eigenvalue weighted by atomic mass is 35.5. The van der Waals surface area contributed by atoms with Crippen molar-refractivity contribution in [2.75, 3.05) is 19.6 Å². The Morgan fingerprint density at radius 1 is 1.29 bits per heavy atom. The summed E-state index contributed by atoms with van der Waals surface area (Å²) in [5, 5.41) is 10.3. The van der Waals surface area contributed by atoms with E-state index in [1.165, 1.54) is 17.7 Å². The van der Waals surface area contributed by atoms with Crippen LogP contribution in [0.15, 0.2) is 48.0 Å². The summed E-state index contributed by atoms with van der Waals surface area (Å²) in [6, 6.07) is 11.9. The Morgan fingerprint density at radius 3 is 2.82 bits per heavy atom. The molecule has 0 spiro atoms. The lowest BCUT2D eigenvalue weighted by Gasteiger charge is -2.26. The lowest BCUT2D eigenvalue weighted by molar-refractivity contribution is 0.0938. The third-order valence-corrected chi connectivity index (χ3v) is 6.42. The third-order valence-electron chi connectivity index (χ3n) is 5.22. The van der Waals surface area contributed by atoms with E-state index in [0.717, 1.165) is 24.5 Å². The predicted molar refractivity (Wildman–Crippen MR) is 114 cm³/mol. The number of nitrogens with zero attached hydrogens (tertiary/aromatic N) is 3. The van der Waals surface area contributed by atoms with Crippen molar-refractivity contribution in [2.45, 2.75) is 25.8 Å². The summed E-state index contributed by atoms with van der Waals surface area (Å²) < 4.78 is 1.75. The molecular weight excluding hydrogens is 392 g/mol.